The first-order valence-electron chi connectivity index (χ1n) is 6.91. The minimum Gasteiger partial charge on any atom is -0.368 e. The normalized spacial score (nSPS) is 14.3. The van der Waals surface area contributed by atoms with Crippen LogP contribution in [0.2, 0.25) is 0 Å². The Balaban J connectivity index is 2.81. The second-order valence-corrected chi connectivity index (χ2v) is 4.89. The van der Waals surface area contributed by atoms with Gasteiger partial charge in [-0.25, -0.2) is 0 Å². The van der Waals surface area contributed by atoms with E-state index < -0.39 is 11.4 Å². The highest BCUT2D eigenvalue weighted by Gasteiger charge is 2.33. The summed E-state index contributed by atoms with van der Waals surface area (Å²) in [4.78, 5) is 14.0. The maximum atomic E-state index is 11.8. The Morgan fingerprint density at radius 1 is 1.21 bits per heavy atom. The maximum absolute atomic E-state index is 11.8. The average Bonchev–Trinajstić information content (AvgIpc) is 2.43. The highest BCUT2D eigenvalue weighted by Crippen LogP contribution is 2.22. The summed E-state index contributed by atoms with van der Waals surface area (Å²) < 4.78 is 0. The Morgan fingerprint density at radius 2 is 1.84 bits per heavy atom. The van der Waals surface area contributed by atoms with Gasteiger partial charge in [0.2, 0.25) is 5.91 Å². The third-order valence-electron chi connectivity index (χ3n) is 3.54. The predicted molar refractivity (Wildman–Crippen MR) is 78.5 cm³/mol. The number of nitrogens with zero attached hydrogens (tertiary/aromatic N) is 1. The minimum absolute atomic E-state index is 0.466. The lowest BCUT2D eigenvalue weighted by molar-refractivity contribution is -0.123. The van der Waals surface area contributed by atoms with E-state index in [4.69, 9.17) is 11.5 Å². The molecule has 1 atom stereocenters. The van der Waals surface area contributed by atoms with Gasteiger partial charge in [0.1, 0.15) is 5.54 Å². The standard InChI is InChI=1S/C15H25N3O/c1-3-11-18(4-2)12-10-15(17,14(16)19)13-8-6-5-7-9-13/h5-9H,3-4,10-12,17H2,1-2H3,(H2,16,19). The molecule has 0 bridgehead atoms. The Hall–Kier alpha value is -1.39. The highest BCUT2D eigenvalue weighted by atomic mass is 16.1. The van der Waals surface area contributed by atoms with Crippen molar-refractivity contribution in [2.75, 3.05) is 19.6 Å². The zero-order valence-electron chi connectivity index (χ0n) is 11.9. The Kier molecular flexibility index (Phi) is 5.99. The lowest BCUT2D eigenvalue weighted by atomic mass is 9.86. The van der Waals surface area contributed by atoms with Gasteiger partial charge in [0.15, 0.2) is 0 Å². The second-order valence-electron chi connectivity index (χ2n) is 4.89. The van der Waals surface area contributed by atoms with Crippen LogP contribution in [0.3, 0.4) is 0 Å². The second kappa shape index (κ2) is 7.26. The van der Waals surface area contributed by atoms with Crippen molar-refractivity contribution >= 4 is 5.91 Å². The van der Waals surface area contributed by atoms with Crippen LogP contribution in [0.15, 0.2) is 30.3 Å². The van der Waals surface area contributed by atoms with Gasteiger partial charge in [-0.1, -0.05) is 44.2 Å². The molecule has 4 N–H and O–H groups in total. The highest BCUT2D eigenvalue weighted by molar-refractivity contribution is 5.85. The van der Waals surface area contributed by atoms with Gasteiger partial charge in [-0.15, -0.1) is 0 Å². The molecule has 1 rings (SSSR count). The summed E-state index contributed by atoms with van der Waals surface area (Å²) in [5.74, 6) is -0.466. The molecular formula is C15H25N3O. The van der Waals surface area contributed by atoms with Crippen LogP contribution in [0.1, 0.15) is 32.3 Å². The van der Waals surface area contributed by atoms with E-state index in [0.717, 1.165) is 31.6 Å². The molecule has 1 unspecified atom stereocenters. The molecular weight excluding hydrogens is 238 g/mol. The third-order valence-corrected chi connectivity index (χ3v) is 3.54. The fourth-order valence-corrected chi connectivity index (χ4v) is 2.22. The van der Waals surface area contributed by atoms with E-state index in [-0.39, 0.29) is 0 Å². The molecule has 1 aromatic carbocycles. The predicted octanol–water partition coefficient (Wildman–Crippen LogP) is 1.45. The van der Waals surface area contributed by atoms with Gasteiger partial charge in [0, 0.05) is 6.54 Å². The molecule has 4 nitrogen and oxygen atoms in total. The molecule has 0 heterocycles. The van der Waals surface area contributed by atoms with E-state index >= 15 is 0 Å². The van der Waals surface area contributed by atoms with Crippen LogP contribution >= 0.6 is 0 Å². The number of rotatable bonds is 8. The van der Waals surface area contributed by atoms with Gasteiger partial charge >= 0.3 is 0 Å². The summed E-state index contributed by atoms with van der Waals surface area (Å²) in [5, 5.41) is 0. The molecule has 0 saturated heterocycles. The smallest absolute Gasteiger partial charge is 0.242 e. The average molecular weight is 263 g/mol. The van der Waals surface area contributed by atoms with Gasteiger partial charge in [-0.2, -0.15) is 0 Å². The van der Waals surface area contributed by atoms with Gasteiger partial charge in [0.25, 0.3) is 0 Å². The van der Waals surface area contributed by atoms with Crippen LogP contribution in [0.25, 0.3) is 0 Å². The van der Waals surface area contributed by atoms with Gasteiger partial charge in [-0.05, 0) is 31.5 Å². The van der Waals surface area contributed by atoms with Crippen LogP contribution in [0.5, 0.6) is 0 Å². The molecule has 106 valence electrons. The first-order chi connectivity index (χ1) is 9.04. The quantitative estimate of drug-likeness (QED) is 0.745. The van der Waals surface area contributed by atoms with E-state index in [2.05, 4.69) is 18.7 Å². The molecule has 0 saturated carbocycles. The van der Waals surface area contributed by atoms with Crippen LogP contribution < -0.4 is 11.5 Å². The fourth-order valence-electron chi connectivity index (χ4n) is 2.22. The minimum atomic E-state index is -1.08. The zero-order valence-corrected chi connectivity index (χ0v) is 11.9. The van der Waals surface area contributed by atoms with E-state index in [9.17, 15) is 4.79 Å². The number of hydrogen-bond donors (Lipinski definition) is 2. The van der Waals surface area contributed by atoms with Gasteiger partial charge in [0.05, 0.1) is 0 Å². The third kappa shape index (κ3) is 4.04. The summed E-state index contributed by atoms with van der Waals surface area (Å²) in [6.07, 6.45) is 1.63. The molecule has 19 heavy (non-hydrogen) atoms. The van der Waals surface area contributed by atoms with E-state index in [0.29, 0.717) is 6.42 Å². The van der Waals surface area contributed by atoms with Crippen molar-refractivity contribution in [2.45, 2.75) is 32.2 Å². The molecule has 0 fully saturated rings. The SMILES string of the molecule is CCCN(CC)CCC(N)(C(N)=O)c1ccccc1. The van der Waals surface area contributed by atoms with E-state index in [1.807, 2.05) is 30.3 Å². The lowest BCUT2D eigenvalue weighted by Gasteiger charge is -2.29. The lowest BCUT2D eigenvalue weighted by Crippen LogP contribution is -2.51. The summed E-state index contributed by atoms with van der Waals surface area (Å²) in [7, 11) is 0. The molecule has 1 amide bonds. The van der Waals surface area contributed by atoms with E-state index in [1.54, 1.807) is 0 Å². The summed E-state index contributed by atoms with van der Waals surface area (Å²) in [5.41, 5.74) is 11.5. The first-order valence-corrected chi connectivity index (χ1v) is 6.91. The topological polar surface area (TPSA) is 72.3 Å². The summed E-state index contributed by atoms with van der Waals surface area (Å²) in [6, 6.07) is 9.38. The first kappa shape index (κ1) is 15.7. The Labute approximate surface area is 115 Å². The zero-order chi connectivity index (χ0) is 14.3. The van der Waals surface area contributed by atoms with Crippen molar-refractivity contribution in [1.29, 1.82) is 0 Å². The molecule has 0 spiro atoms. The Morgan fingerprint density at radius 3 is 2.32 bits per heavy atom. The van der Waals surface area contributed by atoms with Crippen LogP contribution in [0.4, 0.5) is 0 Å². The monoisotopic (exact) mass is 263 g/mol. The molecule has 0 aromatic heterocycles. The number of nitrogens with two attached hydrogens (primary N) is 2. The molecule has 0 aliphatic rings. The molecule has 4 heteroatoms. The molecule has 0 aliphatic heterocycles. The van der Waals surface area contributed by atoms with Crippen molar-refractivity contribution in [1.82, 2.24) is 4.90 Å². The number of amides is 1. The number of carbonyl (C=O) groups is 1. The van der Waals surface area contributed by atoms with Crippen molar-refractivity contribution in [3.05, 3.63) is 35.9 Å². The van der Waals surface area contributed by atoms with Gasteiger partial charge in [-0.3, -0.25) is 4.79 Å². The van der Waals surface area contributed by atoms with Crippen molar-refractivity contribution in [2.24, 2.45) is 11.5 Å². The molecule has 1 aromatic rings. The van der Waals surface area contributed by atoms with Crippen LogP contribution in [-0.2, 0) is 10.3 Å². The number of primary amides is 1. The fraction of sp³-hybridized carbons (Fsp3) is 0.533. The van der Waals surface area contributed by atoms with Gasteiger partial charge < -0.3 is 16.4 Å². The van der Waals surface area contributed by atoms with Crippen molar-refractivity contribution < 1.29 is 4.79 Å². The van der Waals surface area contributed by atoms with Crippen LogP contribution in [-0.4, -0.2) is 30.4 Å². The molecule has 0 aliphatic carbocycles. The maximum Gasteiger partial charge on any atom is 0.242 e. The number of hydrogen-bond acceptors (Lipinski definition) is 3. The van der Waals surface area contributed by atoms with E-state index in [1.165, 1.54) is 0 Å². The van der Waals surface area contributed by atoms with Crippen molar-refractivity contribution in [3.63, 3.8) is 0 Å². The Bertz CT molecular complexity index is 394. The molecule has 0 radical (unpaired) electrons. The van der Waals surface area contributed by atoms with Crippen molar-refractivity contribution in [3.8, 4) is 0 Å². The van der Waals surface area contributed by atoms with Crippen LogP contribution in [0, 0.1) is 0 Å². The number of carbonyl (C=O) groups excluding carboxylic acids is 1. The summed E-state index contributed by atoms with van der Waals surface area (Å²) in [6.45, 7) is 7.00. The number of benzene rings is 1. The largest absolute Gasteiger partial charge is 0.368 e. The summed E-state index contributed by atoms with van der Waals surface area (Å²) >= 11 is 0.